The number of carbonyl (C=O) groups is 2. The van der Waals surface area contributed by atoms with Crippen LogP contribution in [0.25, 0.3) is 0 Å². The fraction of sp³-hybridized carbons (Fsp3) is 0.385. The molecule has 0 aliphatic rings. The van der Waals surface area contributed by atoms with E-state index < -0.39 is 12.0 Å². The number of carboxylic acid groups (broad SMARTS) is 1. The van der Waals surface area contributed by atoms with Gasteiger partial charge in [-0.3, -0.25) is 4.79 Å². The van der Waals surface area contributed by atoms with Gasteiger partial charge < -0.3 is 10.4 Å². The minimum atomic E-state index is -1.01. The fourth-order valence-electron chi connectivity index (χ4n) is 1.46. The molecule has 0 aromatic heterocycles. The Morgan fingerprint density at radius 3 is 2.61 bits per heavy atom. The van der Waals surface area contributed by atoms with Gasteiger partial charge in [0, 0.05) is 17.6 Å². The van der Waals surface area contributed by atoms with Gasteiger partial charge in [0.25, 0.3) is 0 Å². The van der Waals surface area contributed by atoms with Gasteiger partial charge in [-0.15, -0.1) is 11.8 Å². The Morgan fingerprint density at radius 1 is 1.39 bits per heavy atom. The molecule has 1 amide bonds. The summed E-state index contributed by atoms with van der Waals surface area (Å²) in [5, 5.41) is 11.4. The Hall–Kier alpha value is -1.49. The van der Waals surface area contributed by atoms with Gasteiger partial charge in [-0.2, -0.15) is 0 Å². The molecule has 0 aliphatic carbocycles. The second kappa shape index (κ2) is 6.44. The molecule has 0 radical (unpaired) electrons. The molecule has 0 fully saturated rings. The van der Waals surface area contributed by atoms with Gasteiger partial charge in [0.05, 0.1) is 0 Å². The molecule has 0 aliphatic heterocycles. The van der Waals surface area contributed by atoms with Crippen LogP contribution in [-0.4, -0.2) is 28.8 Å². The fourth-order valence-corrected chi connectivity index (χ4v) is 2.59. The molecule has 98 valence electrons. The first-order valence-corrected chi connectivity index (χ1v) is 6.58. The van der Waals surface area contributed by atoms with Crippen molar-refractivity contribution >= 4 is 23.6 Å². The van der Waals surface area contributed by atoms with Crippen LogP contribution in [0.3, 0.4) is 0 Å². The molecule has 4 nitrogen and oxygen atoms in total. The molecule has 0 spiro atoms. The van der Waals surface area contributed by atoms with Crippen molar-refractivity contribution < 1.29 is 14.7 Å². The smallest absolute Gasteiger partial charge is 0.327 e. The van der Waals surface area contributed by atoms with Crippen LogP contribution in [0, 0.1) is 13.8 Å². The van der Waals surface area contributed by atoms with Gasteiger partial charge in [-0.05, 0) is 25.5 Å². The SMILES string of the molecule is CC(=O)N[C@H](CSc1cc(C)ccc1C)C(=O)O. The van der Waals surface area contributed by atoms with Gasteiger partial charge in [0.2, 0.25) is 5.91 Å². The number of hydrogen-bond donors (Lipinski definition) is 2. The van der Waals surface area contributed by atoms with E-state index in [9.17, 15) is 9.59 Å². The average Bonchev–Trinajstić information content (AvgIpc) is 2.27. The minimum Gasteiger partial charge on any atom is -0.480 e. The molecule has 1 atom stereocenters. The zero-order valence-electron chi connectivity index (χ0n) is 10.7. The molecule has 1 aromatic rings. The maximum Gasteiger partial charge on any atom is 0.327 e. The van der Waals surface area contributed by atoms with E-state index in [1.54, 1.807) is 0 Å². The summed E-state index contributed by atoms with van der Waals surface area (Å²) in [4.78, 5) is 22.9. The van der Waals surface area contributed by atoms with Gasteiger partial charge >= 0.3 is 5.97 Å². The maximum absolute atomic E-state index is 11.0. The minimum absolute atomic E-state index is 0.319. The zero-order chi connectivity index (χ0) is 13.7. The zero-order valence-corrected chi connectivity index (χ0v) is 11.5. The van der Waals surface area contributed by atoms with Gasteiger partial charge in [-0.1, -0.05) is 17.7 Å². The van der Waals surface area contributed by atoms with Crippen molar-refractivity contribution in [2.24, 2.45) is 0 Å². The topological polar surface area (TPSA) is 66.4 Å². The summed E-state index contributed by atoms with van der Waals surface area (Å²) in [5.74, 6) is -1.02. The summed E-state index contributed by atoms with van der Waals surface area (Å²) in [5.41, 5.74) is 2.24. The second-order valence-electron chi connectivity index (χ2n) is 4.17. The largest absolute Gasteiger partial charge is 0.480 e. The molecule has 2 N–H and O–H groups in total. The number of rotatable bonds is 5. The van der Waals surface area contributed by atoms with Crippen LogP contribution in [-0.2, 0) is 9.59 Å². The lowest BCUT2D eigenvalue weighted by Crippen LogP contribution is -2.41. The van der Waals surface area contributed by atoms with Gasteiger partial charge in [0.1, 0.15) is 6.04 Å². The lowest BCUT2D eigenvalue weighted by atomic mass is 10.2. The van der Waals surface area contributed by atoms with E-state index in [-0.39, 0.29) is 5.91 Å². The van der Waals surface area contributed by atoms with E-state index >= 15 is 0 Å². The summed E-state index contributed by atoms with van der Waals surface area (Å²) >= 11 is 1.44. The predicted octanol–water partition coefficient (Wildman–Crippen LogP) is 1.98. The number of nitrogens with one attached hydrogen (secondary N) is 1. The molecular weight excluding hydrogens is 250 g/mol. The van der Waals surface area contributed by atoms with Crippen molar-refractivity contribution in [2.45, 2.75) is 31.7 Å². The first-order chi connectivity index (χ1) is 8.40. The van der Waals surface area contributed by atoms with E-state index in [1.165, 1.54) is 18.7 Å². The molecule has 5 heteroatoms. The van der Waals surface area contributed by atoms with Crippen molar-refractivity contribution in [1.29, 1.82) is 0 Å². The van der Waals surface area contributed by atoms with Crippen molar-refractivity contribution in [3.8, 4) is 0 Å². The highest BCUT2D eigenvalue weighted by atomic mass is 32.2. The Balaban J connectivity index is 2.69. The molecule has 18 heavy (non-hydrogen) atoms. The first kappa shape index (κ1) is 14.6. The van der Waals surface area contributed by atoms with Gasteiger partial charge in [0.15, 0.2) is 0 Å². The monoisotopic (exact) mass is 267 g/mol. The van der Waals surface area contributed by atoms with Gasteiger partial charge in [-0.25, -0.2) is 4.79 Å². The van der Waals surface area contributed by atoms with Crippen molar-refractivity contribution in [1.82, 2.24) is 5.32 Å². The quantitative estimate of drug-likeness (QED) is 0.801. The Bertz CT molecular complexity index is 460. The number of amides is 1. The van der Waals surface area contributed by atoms with E-state index in [4.69, 9.17) is 5.11 Å². The third-order valence-electron chi connectivity index (χ3n) is 2.42. The molecule has 0 saturated carbocycles. The molecule has 1 aromatic carbocycles. The number of hydrogen-bond acceptors (Lipinski definition) is 3. The Morgan fingerprint density at radius 2 is 2.06 bits per heavy atom. The molecule has 0 saturated heterocycles. The van der Waals surface area contributed by atoms with Crippen LogP contribution in [0.15, 0.2) is 23.1 Å². The maximum atomic E-state index is 11.0. The average molecular weight is 267 g/mol. The highest BCUT2D eigenvalue weighted by Crippen LogP contribution is 2.24. The van der Waals surface area contributed by atoms with E-state index in [0.717, 1.165) is 16.0 Å². The van der Waals surface area contributed by atoms with E-state index in [0.29, 0.717) is 5.75 Å². The number of aryl methyl sites for hydroxylation is 2. The van der Waals surface area contributed by atoms with Crippen LogP contribution >= 0.6 is 11.8 Å². The van der Waals surface area contributed by atoms with Crippen LogP contribution in [0.5, 0.6) is 0 Å². The number of carbonyl (C=O) groups excluding carboxylic acids is 1. The summed E-state index contributed by atoms with van der Waals surface area (Å²) in [7, 11) is 0. The van der Waals surface area contributed by atoms with Crippen molar-refractivity contribution in [3.05, 3.63) is 29.3 Å². The number of thioether (sulfide) groups is 1. The molecule has 1 rings (SSSR count). The number of aliphatic carboxylic acids is 1. The Labute approximate surface area is 111 Å². The summed E-state index contributed by atoms with van der Waals surface area (Å²) in [6.07, 6.45) is 0. The summed E-state index contributed by atoms with van der Waals surface area (Å²) in [6.45, 7) is 5.29. The number of benzene rings is 1. The van der Waals surface area contributed by atoms with E-state index in [2.05, 4.69) is 5.32 Å². The van der Waals surface area contributed by atoms with Crippen LogP contribution in [0.2, 0.25) is 0 Å². The predicted molar refractivity (Wildman–Crippen MR) is 71.9 cm³/mol. The third kappa shape index (κ3) is 4.41. The third-order valence-corrected chi connectivity index (χ3v) is 3.68. The molecular formula is C13H17NO3S. The normalized spacial score (nSPS) is 11.9. The van der Waals surface area contributed by atoms with Crippen molar-refractivity contribution in [2.75, 3.05) is 5.75 Å². The first-order valence-electron chi connectivity index (χ1n) is 5.60. The Kier molecular flexibility index (Phi) is 5.22. The number of carboxylic acids is 1. The molecule has 0 heterocycles. The summed E-state index contributed by atoms with van der Waals surface area (Å²) < 4.78 is 0. The van der Waals surface area contributed by atoms with Crippen LogP contribution in [0.1, 0.15) is 18.1 Å². The second-order valence-corrected chi connectivity index (χ2v) is 5.23. The highest BCUT2D eigenvalue weighted by Gasteiger charge is 2.18. The van der Waals surface area contributed by atoms with E-state index in [1.807, 2.05) is 32.0 Å². The molecule has 0 bridgehead atoms. The van der Waals surface area contributed by atoms with Crippen LogP contribution in [0.4, 0.5) is 0 Å². The standard InChI is InChI=1S/C13H17NO3S/c1-8-4-5-9(2)12(6-8)18-7-11(13(16)17)14-10(3)15/h4-6,11H,7H2,1-3H3,(H,14,15)(H,16,17)/t11-/m1/s1. The highest BCUT2D eigenvalue weighted by molar-refractivity contribution is 7.99. The van der Waals surface area contributed by atoms with Crippen LogP contribution < -0.4 is 5.32 Å². The molecule has 0 unspecified atom stereocenters. The lowest BCUT2D eigenvalue weighted by molar-refractivity contribution is -0.140. The van der Waals surface area contributed by atoms with Crippen molar-refractivity contribution in [3.63, 3.8) is 0 Å². The lowest BCUT2D eigenvalue weighted by Gasteiger charge is -2.14. The summed E-state index contributed by atoms with van der Waals surface area (Å²) in [6, 6.07) is 5.19.